The highest BCUT2D eigenvalue weighted by Gasteiger charge is 2.13. The van der Waals surface area contributed by atoms with Gasteiger partial charge in [-0.3, -0.25) is 4.79 Å². The van der Waals surface area contributed by atoms with Crippen molar-refractivity contribution in [3.05, 3.63) is 88.4 Å². The number of carbonyl (C=O) groups is 2. The number of nitrogens with one attached hydrogen (secondary N) is 1. The van der Waals surface area contributed by atoms with Crippen molar-refractivity contribution in [2.24, 2.45) is 5.10 Å². The molecule has 0 saturated heterocycles. The van der Waals surface area contributed by atoms with Crippen LogP contribution in [0.2, 0.25) is 5.02 Å². The number of hydrazone groups is 1. The van der Waals surface area contributed by atoms with Crippen LogP contribution < -0.4 is 19.6 Å². The molecule has 32 heavy (non-hydrogen) atoms. The molecular formula is C24H21ClN2O5. The molecule has 0 saturated carbocycles. The van der Waals surface area contributed by atoms with E-state index in [2.05, 4.69) is 10.5 Å². The van der Waals surface area contributed by atoms with Gasteiger partial charge in [-0.1, -0.05) is 11.6 Å². The van der Waals surface area contributed by atoms with Gasteiger partial charge in [0.2, 0.25) is 0 Å². The van der Waals surface area contributed by atoms with Gasteiger partial charge >= 0.3 is 5.97 Å². The van der Waals surface area contributed by atoms with Gasteiger partial charge in [-0.15, -0.1) is 0 Å². The Balaban J connectivity index is 1.64. The first kappa shape index (κ1) is 22.8. The van der Waals surface area contributed by atoms with Crippen LogP contribution in [0.25, 0.3) is 0 Å². The van der Waals surface area contributed by atoms with Gasteiger partial charge in [0.1, 0.15) is 5.75 Å². The molecule has 0 aliphatic rings. The van der Waals surface area contributed by atoms with E-state index in [1.54, 1.807) is 66.7 Å². The predicted octanol–water partition coefficient (Wildman–Crippen LogP) is 4.73. The highest BCUT2D eigenvalue weighted by molar-refractivity contribution is 6.30. The van der Waals surface area contributed by atoms with Gasteiger partial charge in [0.15, 0.2) is 11.5 Å². The monoisotopic (exact) mass is 452 g/mol. The van der Waals surface area contributed by atoms with Gasteiger partial charge in [-0.25, -0.2) is 10.2 Å². The Hall–Kier alpha value is -3.84. The maximum Gasteiger partial charge on any atom is 0.343 e. The van der Waals surface area contributed by atoms with Gasteiger partial charge in [-0.2, -0.15) is 5.10 Å². The highest BCUT2D eigenvalue weighted by atomic mass is 35.5. The standard InChI is InChI=1S/C24H21ClN2O5/c1-3-31-20-11-7-18(8-12-20)24(29)32-21-13-4-16(14-22(21)30-2)15-26-27-23(28)17-5-9-19(25)10-6-17/h4-15H,3H2,1-2H3,(H,27,28)/b26-15-. The number of hydrogen-bond donors (Lipinski definition) is 1. The first-order chi connectivity index (χ1) is 15.5. The molecule has 8 heteroatoms. The lowest BCUT2D eigenvalue weighted by Gasteiger charge is -2.10. The van der Waals surface area contributed by atoms with Crippen LogP contribution in [0.3, 0.4) is 0 Å². The molecule has 0 unspecified atom stereocenters. The second-order valence-corrected chi connectivity index (χ2v) is 6.90. The van der Waals surface area contributed by atoms with E-state index in [1.165, 1.54) is 13.3 Å². The number of esters is 1. The molecular weight excluding hydrogens is 432 g/mol. The second kappa shape index (κ2) is 11.0. The molecule has 7 nitrogen and oxygen atoms in total. The summed E-state index contributed by atoms with van der Waals surface area (Å²) < 4.78 is 16.2. The van der Waals surface area contributed by atoms with Crippen molar-refractivity contribution in [3.8, 4) is 17.2 Å². The van der Waals surface area contributed by atoms with E-state index in [4.69, 9.17) is 25.8 Å². The van der Waals surface area contributed by atoms with E-state index in [9.17, 15) is 9.59 Å². The van der Waals surface area contributed by atoms with E-state index < -0.39 is 5.97 Å². The Morgan fingerprint density at radius 1 is 0.969 bits per heavy atom. The summed E-state index contributed by atoms with van der Waals surface area (Å²) in [5, 5.41) is 4.49. The van der Waals surface area contributed by atoms with Crippen LogP contribution in [-0.2, 0) is 0 Å². The fraction of sp³-hybridized carbons (Fsp3) is 0.125. The minimum Gasteiger partial charge on any atom is -0.494 e. The van der Waals surface area contributed by atoms with E-state index in [1.807, 2.05) is 6.92 Å². The summed E-state index contributed by atoms with van der Waals surface area (Å²) in [6.45, 7) is 2.43. The Morgan fingerprint density at radius 2 is 1.66 bits per heavy atom. The lowest BCUT2D eigenvalue weighted by atomic mass is 10.2. The molecule has 1 amide bonds. The average Bonchev–Trinajstić information content (AvgIpc) is 2.81. The third-order valence-electron chi connectivity index (χ3n) is 4.28. The molecule has 0 bridgehead atoms. The first-order valence-corrected chi connectivity index (χ1v) is 10.1. The van der Waals surface area contributed by atoms with Gasteiger partial charge < -0.3 is 14.2 Å². The molecule has 0 heterocycles. The van der Waals surface area contributed by atoms with Crippen LogP contribution in [0, 0.1) is 0 Å². The number of ether oxygens (including phenoxy) is 3. The molecule has 3 aromatic carbocycles. The highest BCUT2D eigenvalue weighted by Crippen LogP contribution is 2.28. The third kappa shape index (κ3) is 6.09. The van der Waals surface area contributed by atoms with E-state index in [-0.39, 0.29) is 11.7 Å². The van der Waals surface area contributed by atoms with Crippen LogP contribution in [0.1, 0.15) is 33.2 Å². The van der Waals surface area contributed by atoms with Crippen molar-refractivity contribution < 1.29 is 23.8 Å². The lowest BCUT2D eigenvalue weighted by molar-refractivity contribution is 0.0729. The molecule has 3 aromatic rings. The Kier molecular flexibility index (Phi) is 7.83. The molecule has 164 valence electrons. The molecule has 0 fully saturated rings. The molecule has 0 aliphatic carbocycles. The molecule has 0 spiro atoms. The zero-order chi connectivity index (χ0) is 22.9. The summed E-state index contributed by atoms with van der Waals surface area (Å²) >= 11 is 5.82. The number of amides is 1. The smallest absolute Gasteiger partial charge is 0.343 e. The van der Waals surface area contributed by atoms with E-state index >= 15 is 0 Å². The molecule has 3 rings (SSSR count). The zero-order valence-corrected chi connectivity index (χ0v) is 18.3. The number of hydrogen-bond acceptors (Lipinski definition) is 6. The normalized spacial score (nSPS) is 10.6. The van der Waals surface area contributed by atoms with Crippen molar-refractivity contribution in [1.82, 2.24) is 5.43 Å². The van der Waals surface area contributed by atoms with Gasteiger partial charge in [0, 0.05) is 10.6 Å². The van der Waals surface area contributed by atoms with Crippen LogP contribution >= 0.6 is 11.6 Å². The minimum absolute atomic E-state index is 0.258. The van der Waals surface area contributed by atoms with Crippen LogP contribution in [0.15, 0.2) is 71.8 Å². The summed E-state index contributed by atoms with van der Waals surface area (Å²) in [4.78, 5) is 24.5. The maximum atomic E-state index is 12.4. The van der Waals surface area contributed by atoms with E-state index in [0.717, 1.165) is 0 Å². The third-order valence-corrected chi connectivity index (χ3v) is 4.53. The summed E-state index contributed by atoms with van der Waals surface area (Å²) in [5.41, 5.74) is 3.89. The minimum atomic E-state index is -0.525. The van der Waals surface area contributed by atoms with Gasteiger partial charge in [0.05, 0.1) is 25.5 Å². The molecule has 0 radical (unpaired) electrons. The van der Waals surface area contributed by atoms with Gasteiger partial charge in [0.25, 0.3) is 5.91 Å². The fourth-order valence-electron chi connectivity index (χ4n) is 2.69. The average molecular weight is 453 g/mol. The van der Waals surface area contributed by atoms with Crippen molar-refractivity contribution in [1.29, 1.82) is 0 Å². The summed E-state index contributed by atoms with van der Waals surface area (Å²) in [5.74, 6) is 0.383. The van der Waals surface area contributed by atoms with Crippen molar-refractivity contribution in [3.63, 3.8) is 0 Å². The second-order valence-electron chi connectivity index (χ2n) is 6.46. The Bertz CT molecular complexity index is 1110. The molecule has 0 atom stereocenters. The predicted molar refractivity (Wildman–Crippen MR) is 122 cm³/mol. The largest absolute Gasteiger partial charge is 0.494 e. The Labute approximate surface area is 190 Å². The van der Waals surface area contributed by atoms with Crippen molar-refractivity contribution >= 4 is 29.7 Å². The molecule has 0 aliphatic heterocycles. The summed E-state index contributed by atoms with van der Waals surface area (Å²) in [7, 11) is 1.47. The zero-order valence-electron chi connectivity index (χ0n) is 17.5. The van der Waals surface area contributed by atoms with E-state index in [0.29, 0.717) is 39.8 Å². The number of rotatable bonds is 8. The molecule has 0 aromatic heterocycles. The topological polar surface area (TPSA) is 86.2 Å². The van der Waals surface area contributed by atoms with Crippen LogP contribution in [0.4, 0.5) is 0 Å². The SMILES string of the molecule is CCOc1ccc(C(=O)Oc2ccc(/C=N\NC(=O)c3ccc(Cl)cc3)cc2OC)cc1. The number of methoxy groups -OCH3 is 1. The number of benzene rings is 3. The van der Waals surface area contributed by atoms with Gasteiger partial charge in [-0.05, 0) is 79.2 Å². The summed E-state index contributed by atoms with van der Waals surface area (Å²) in [6.07, 6.45) is 1.45. The van der Waals surface area contributed by atoms with Crippen LogP contribution in [-0.4, -0.2) is 31.8 Å². The quantitative estimate of drug-likeness (QED) is 0.231. The fourth-order valence-corrected chi connectivity index (χ4v) is 2.82. The number of nitrogens with zero attached hydrogens (tertiary/aromatic N) is 1. The first-order valence-electron chi connectivity index (χ1n) is 9.72. The lowest BCUT2D eigenvalue weighted by Crippen LogP contribution is -2.17. The number of halogens is 1. The summed E-state index contributed by atoms with van der Waals surface area (Å²) in [6, 6.07) is 18.0. The maximum absolute atomic E-state index is 12.4. The Morgan fingerprint density at radius 3 is 2.31 bits per heavy atom. The molecule has 1 N–H and O–H groups in total. The van der Waals surface area contributed by atoms with Crippen LogP contribution in [0.5, 0.6) is 17.2 Å². The van der Waals surface area contributed by atoms with Crippen molar-refractivity contribution in [2.45, 2.75) is 6.92 Å². The number of carbonyl (C=O) groups excluding carboxylic acids is 2. The van der Waals surface area contributed by atoms with Crippen molar-refractivity contribution in [2.75, 3.05) is 13.7 Å².